The molecule has 8 heteroatoms. The van der Waals surface area contributed by atoms with Crippen LogP contribution in [0.3, 0.4) is 0 Å². The number of hydrogen-bond acceptors (Lipinski definition) is 5. The summed E-state index contributed by atoms with van der Waals surface area (Å²) >= 11 is 0. The number of benzene rings is 2. The zero-order valence-electron chi connectivity index (χ0n) is 18.5. The third-order valence-corrected chi connectivity index (χ3v) is 6.32. The maximum Gasteiger partial charge on any atom is 0.231 e. The Morgan fingerprint density at radius 3 is 2.66 bits per heavy atom. The van der Waals surface area contributed by atoms with Crippen molar-refractivity contribution in [2.24, 2.45) is 4.99 Å². The molecule has 0 spiro atoms. The van der Waals surface area contributed by atoms with E-state index in [1.807, 2.05) is 19.2 Å². The van der Waals surface area contributed by atoms with Crippen molar-refractivity contribution in [1.29, 1.82) is 0 Å². The van der Waals surface area contributed by atoms with Gasteiger partial charge in [-0.1, -0.05) is 24.3 Å². The Kier molecular flexibility index (Phi) is 7.62. The van der Waals surface area contributed by atoms with E-state index in [0.717, 1.165) is 75.5 Å². The summed E-state index contributed by atoms with van der Waals surface area (Å²) in [6.07, 6.45) is 1.03. The zero-order chi connectivity index (χ0) is 21.0. The lowest BCUT2D eigenvalue weighted by Crippen LogP contribution is -2.52. The van der Waals surface area contributed by atoms with Gasteiger partial charge in [-0.25, -0.2) is 0 Å². The largest absolute Gasteiger partial charge is 0.493 e. The molecule has 3 aliphatic rings. The van der Waals surface area contributed by atoms with Gasteiger partial charge in [0.05, 0.1) is 6.61 Å². The van der Waals surface area contributed by atoms with Gasteiger partial charge >= 0.3 is 0 Å². The fourth-order valence-corrected chi connectivity index (χ4v) is 4.59. The van der Waals surface area contributed by atoms with Crippen LogP contribution in [0.4, 0.5) is 0 Å². The topological polar surface area (TPSA) is 58.6 Å². The molecule has 1 atom stereocenters. The predicted molar refractivity (Wildman–Crippen MR) is 135 cm³/mol. The summed E-state index contributed by atoms with van der Waals surface area (Å²) in [6.45, 7) is 6.86. The maximum atomic E-state index is 5.80. The van der Waals surface area contributed by atoms with Gasteiger partial charge in [-0.15, -0.1) is 24.0 Å². The van der Waals surface area contributed by atoms with Crippen molar-refractivity contribution in [3.63, 3.8) is 0 Å². The minimum absolute atomic E-state index is 0. The highest BCUT2D eigenvalue weighted by atomic mass is 127. The summed E-state index contributed by atoms with van der Waals surface area (Å²) in [5.74, 6) is 4.17. The first-order valence-corrected chi connectivity index (χ1v) is 11.1. The quantitative estimate of drug-likeness (QED) is 0.359. The highest BCUT2D eigenvalue weighted by molar-refractivity contribution is 14.0. The molecule has 172 valence electrons. The lowest BCUT2D eigenvalue weighted by Gasteiger charge is -2.37. The number of rotatable bonds is 4. The van der Waals surface area contributed by atoms with Gasteiger partial charge in [0.1, 0.15) is 5.75 Å². The standard InChI is InChI=1S/C24H30N4O3.HI/c1-25-24(26-15-19-8-13-29-21-5-3-2-4-20(19)21)28-11-9-27(10-12-28)16-18-6-7-22-23(14-18)31-17-30-22;/h2-7,14,19H,8-13,15-17H2,1H3,(H,25,26);1H. The van der Waals surface area contributed by atoms with Crippen LogP contribution in [0.1, 0.15) is 23.5 Å². The number of ether oxygens (including phenoxy) is 3. The van der Waals surface area contributed by atoms with E-state index >= 15 is 0 Å². The smallest absolute Gasteiger partial charge is 0.231 e. The Labute approximate surface area is 206 Å². The van der Waals surface area contributed by atoms with Gasteiger partial charge in [-0.3, -0.25) is 9.89 Å². The number of hydrogen-bond donors (Lipinski definition) is 1. The molecule has 0 aromatic heterocycles. The summed E-state index contributed by atoms with van der Waals surface area (Å²) in [5, 5.41) is 3.61. The van der Waals surface area contributed by atoms with E-state index in [4.69, 9.17) is 14.2 Å². The van der Waals surface area contributed by atoms with Crippen molar-refractivity contribution < 1.29 is 14.2 Å². The lowest BCUT2D eigenvalue weighted by molar-refractivity contribution is 0.170. The predicted octanol–water partition coefficient (Wildman–Crippen LogP) is 3.29. The highest BCUT2D eigenvalue weighted by Gasteiger charge is 2.24. The molecule has 1 fully saturated rings. The minimum atomic E-state index is 0. The molecule has 32 heavy (non-hydrogen) atoms. The third-order valence-electron chi connectivity index (χ3n) is 6.32. The van der Waals surface area contributed by atoms with Crippen molar-refractivity contribution in [2.45, 2.75) is 18.9 Å². The van der Waals surface area contributed by atoms with E-state index in [9.17, 15) is 0 Å². The van der Waals surface area contributed by atoms with Crippen LogP contribution in [-0.2, 0) is 6.54 Å². The summed E-state index contributed by atoms with van der Waals surface area (Å²) in [5.41, 5.74) is 2.56. The van der Waals surface area contributed by atoms with Crippen LogP contribution in [0.25, 0.3) is 0 Å². The number of aliphatic imine (C=N–C) groups is 1. The molecular weight excluding hydrogens is 519 g/mol. The molecule has 0 bridgehead atoms. The molecule has 3 aliphatic heterocycles. The molecule has 0 amide bonds. The Balaban J connectivity index is 0.00000245. The second-order valence-electron chi connectivity index (χ2n) is 8.25. The van der Waals surface area contributed by atoms with E-state index in [1.165, 1.54) is 11.1 Å². The molecule has 0 saturated carbocycles. The van der Waals surface area contributed by atoms with Crippen molar-refractivity contribution in [3.05, 3.63) is 53.6 Å². The first-order chi connectivity index (χ1) is 15.3. The van der Waals surface area contributed by atoms with Gasteiger partial charge in [0, 0.05) is 52.2 Å². The molecule has 7 nitrogen and oxygen atoms in total. The summed E-state index contributed by atoms with van der Waals surface area (Å²) < 4.78 is 16.7. The van der Waals surface area contributed by atoms with E-state index < -0.39 is 0 Å². The molecule has 0 radical (unpaired) electrons. The molecule has 1 unspecified atom stereocenters. The second-order valence-corrected chi connectivity index (χ2v) is 8.25. The van der Waals surface area contributed by atoms with Crippen LogP contribution in [0, 0.1) is 0 Å². The number of guanidine groups is 1. The molecule has 1 N–H and O–H groups in total. The number of halogens is 1. The van der Waals surface area contributed by atoms with Crippen molar-refractivity contribution in [2.75, 3.05) is 53.2 Å². The zero-order valence-corrected chi connectivity index (χ0v) is 20.8. The van der Waals surface area contributed by atoms with E-state index in [-0.39, 0.29) is 24.0 Å². The van der Waals surface area contributed by atoms with Crippen LogP contribution >= 0.6 is 24.0 Å². The summed E-state index contributed by atoms with van der Waals surface area (Å²) in [6, 6.07) is 14.6. The summed E-state index contributed by atoms with van der Waals surface area (Å²) in [4.78, 5) is 9.40. The van der Waals surface area contributed by atoms with Crippen LogP contribution in [0.15, 0.2) is 47.5 Å². The van der Waals surface area contributed by atoms with Gasteiger partial charge in [0.2, 0.25) is 6.79 Å². The fraction of sp³-hybridized carbons (Fsp3) is 0.458. The maximum absolute atomic E-state index is 5.80. The normalized spacial score (nSPS) is 20.2. The highest BCUT2D eigenvalue weighted by Crippen LogP contribution is 2.33. The Bertz CT molecular complexity index is 947. The van der Waals surface area contributed by atoms with Crippen LogP contribution in [0.2, 0.25) is 0 Å². The summed E-state index contributed by atoms with van der Waals surface area (Å²) in [7, 11) is 1.87. The van der Waals surface area contributed by atoms with Gasteiger partial charge in [-0.05, 0) is 35.7 Å². The number of para-hydroxylation sites is 1. The molecule has 5 rings (SSSR count). The van der Waals surface area contributed by atoms with Crippen LogP contribution < -0.4 is 19.5 Å². The van der Waals surface area contributed by atoms with E-state index in [2.05, 4.69) is 50.4 Å². The van der Waals surface area contributed by atoms with Gasteiger partial charge in [0.15, 0.2) is 17.5 Å². The monoisotopic (exact) mass is 550 g/mol. The number of piperazine rings is 1. The van der Waals surface area contributed by atoms with E-state index in [1.54, 1.807) is 0 Å². The molecule has 2 aromatic rings. The van der Waals surface area contributed by atoms with Gasteiger partial charge in [-0.2, -0.15) is 0 Å². The lowest BCUT2D eigenvalue weighted by atomic mass is 9.93. The van der Waals surface area contributed by atoms with Crippen molar-refractivity contribution >= 4 is 29.9 Å². The molecule has 1 saturated heterocycles. The molecular formula is C24H31IN4O3. The Hall–Kier alpha value is -2.20. The van der Waals surface area contributed by atoms with Gasteiger partial charge < -0.3 is 24.4 Å². The minimum Gasteiger partial charge on any atom is -0.493 e. The second kappa shape index (κ2) is 10.6. The first kappa shape index (κ1) is 23.0. The van der Waals surface area contributed by atoms with Crippen LogP contribution in [-0.4, -0.2) is 68.9 Å². The van der Waals surface area contributed by atoms with E-state index in [0.29, 0.717) is 12.7 Å². The fourth-order valence-electron chi connectivity index (χ4n) is 4.59. The van der Waals surface area contributed by atoms with Crippen molar-refractivity contribution in [3.8, 4) is 17.2 Å². The van der Waals surface area contributed by atoms with Gasteiger partial charge in [0.25, 0.3) is 0 Å². The first-order valence-electron chi connectivity index (χ1n) is 11.1. The molecule has 2 aromatic carbocycles. The van der Waals surface area contributed by atoms with Crippen LogP contribution in [0.5, 0.6) is 17.2 Å². The number of fused-ring (bicyclic) bond motifs is 2. The van der Waals surface area contributed by atoms with Crippen molar-refractivity contribution in [1.82, 2.24) is 15.1 Å². The molecule has 0 aliphatic carbocycles. The molecule has 3 heterocycles. The Morgan fingerprint density at radius 1 is 1.00 bits per heavy atom. The average Bonchev–Trinajstić information content (AvgIpc) is 3.28. The Morgan fingerprint density at radius 2 is 1.81 bits per heavy atom. The number of nitrogens with one attached hydrogen (secondary N) is 1. The SMILES string of the molecule is CN=C(NCC1CCOc2ccccc21)N1CCN(Cc2ccc3c(c2)OCO3)CC1.I. The third kappa shape index (κ3) is 5.06. The average molecular weight is 550 g/mol. The number of nitrogens with zero attached hydrogens (tertiary/aromatic N) is 3.